The molecule has 0 spiro atoms. The Morgan fingerprint density at radius 2 is 1.75 bits per heavy atom. The van der Waals surface area contributed by atoms with Gasteiger partial charge >= 0.3 is 0 Å². The molecule has 1 fully saturated rings. The van der Waals surface area contributed by atoms with E-state index in [1.165, 1.54) is 5.56 Å². The minimum absolute atomic E-state index is 0.299. The van der Waals surface area contributed by atoms with E-state index in [2.05, 4.69) is 35.2 Å². The summed E-state index contributed by atoms with van der Waals surface area (Å²) in [6.07, 6.45) is 0. The Balaban J connectivity index is 1.36. The summed E-state index contributed by atoms with van der Waals surface area (Å²) in [5, 5.41) is 0. The quantitative estimate of drug-likeness (QED) is 0.856. The number of piperazine rings is 1. The van der Waals surface area contributed by atoms with E-state index < -0.39 is 0 Å². The number of nitrogens with one attached hydrogen (secondary N) is 1. The highest BCUT2D eigenvalue weighted by Gasteiger charge is 2.23. The SMILES string of the molecule is S=C(c1ccc2c(c1)OCO2)N1CC[NH+](Cc2ccccc2)CC1. The van der Waals surface area contributed by atoms with Crippen molar-refractivity contribution in [3.05, 3.63) is 59.7 Å². The van der Waals surface area contributed by atoms with Crippen molar-refractivity contribution in [1.29, 1.82) is 0 Å². The third kappa shape index (κ3) is 3.23. The van der Waals surface area contributed by atoms with Crippen LogP contribution >= 0.6 is 12.2 Å². The molecule has 0 atom stereocenters. The van der Waals surface area contributed by atoms with Crippen LogP contribution in [0.3, 0.4) is 0 Å². The molecule has 1 saturated heterocycles. The van der Waals surface area contributed by atoms with Crippen LogP contribution < -0.4 is 14.4 Å². The number of hydrogen-bond acceptors (Lipinski definition) is 3. The zero-order valence-corrected chi connectivity index (χ0v) is 14.3. The van der Waals surface area contributed by atoms with E-state index in [1.54, 1.807) is 4.90 Å². The summed E-state index contributed by atoms with van der Waals surface area (Å²) < 4.78 is 10.8. The van der Waals surface area contributed by atoms with Crippen molar-refractivity contribution in [3.8, 4) is 11.5 Å². The molecule has 0 saturated carbocycles. The molecule has 24 heavy (non-hydrogen) atoms. The van der Waals surface area contributed by atoms with Crippen LogP contribution in [0.2, 0.25) is 0 Å². The predicted octanol–water partition coefficient (Wildman–Crippen LogP) is 1.49. The van der Waals surface area contributed by atoms with Crippen LogP contribution in [-0.4, -0.2) is 42.9 Å². The Kier molecular flexibility index (Phi) is 4.36. The molecule has 2 heterocycles. The van der Waals surface area contributed by atoms with Gasteiger partial charge in [-0.25, -0.2) is 0 Å². The van der Waals surface area contributed by atoms with Crippen molar-refractivity contribution in [2.75, 3.05) is 33.0 Å². The lowest BCUT2D eigenvalue weighted by Gasteiger charge is -2.34. The van der Waals surface area contributed by atoms with Gasteiger partial charge in [-0.15, -0.1) is 0 Å². The van der Waals surface area contributed by atoms with E-state index in [9.17, 15) is 0 Å². The molecule has 0 radical (unpaired) electrons. The van der Waals surface area contributed by atoms with Gasteiger partial charge in [-0.05, 0) is 18.2 Å². The van der Waals surface area contributed by atoms with Gasteiger partial charge in [-0.1, -0.05) is 42.5 Å². The maximum Gasteiger partial charge on any atom is 0.231 e. The summed E-state index contributed by atoms with van der Waals surface area (Å²) in [6.45, 7) is 5.60. The molecule has 0 bridgehead atoms. The highest BCUT2D eigenvalue weighted by molar-refractivity contribution is 7.80. The standard InChI is InChI=1S/C19H20N2O2S/c24-19(16-6-7-17-18(12-16)23-14-22-17)21-10-8-20(9-11-21)13-15-4-2-1-3-5-15/h1-7,12H,8-11,13-14H2/p+1. The van der Waals surface area contributed by atoms with Gasteiger partial charge in [0.05, 0.1) is 26.2 Å². The second-order valence-electron chi connectivity index (χ2n) is 6.27. The smallest absolute Gasteiger partial charge is 0.231 e. The molecule has 5 heteroatoms. The molecule has 124 valence electrons. The fourth-order valence-electron chi connectivity index (χ4n) is 3.30. The molecule has 0 amide bonds. The zero-order chi connectivity index (χ0) is 16.4. The second-order valence-corrected chi connectivity index (χ2v) is 6.66. The molecule has 2 aliphatic heterocycles. The molecule has 0 aromatic heterocycles. The first kappa shape index (κ1) is 15.4. The first-order chi connectivity index (χ1) is 11.8. The van der Waals surface area contributed by atoms with Crippen molar-refractivity contribution >= 4 is 17.2 Å². The topological polar surface area (TPSA) is 26.1 Å². The van der Waals surface area contributed by atoms with E-state index >= 15 is 0 Å². The van der Waals surface area contributed by atoms with Gasteiger partial charge in [0.25, 0.3) is 0 Å². The van der Waals surface area contributed by atoms with Crippen LogP contribution in [0.25, 0.3) is 0 Å². The third-order valence-corrected chi connectivity index (χ3v) is 5.17. The first-order valence-electron chi connectivity index (χ1n) is 8.36. The number of thiocarbonyl (C=S) groups is 1. The lowest BCUT2D eigenvalue weighted by atomic mass is 10.1. The Hall–Kier alpha value is -2.11. The molecule has 4 nitrogen and oxygen atoms in total. The van der Waals surface area contributed by atoms with Crippen LogP contribution in [-0.2, 0) is 6.54 Å². The number of benzene rings is 2. The Labute approximate surface area is 147 Å². The molecule has 2 aromatic rings. The number of quaternary nitrogens is 1. The summed E-state index contributed by atoms with van der Waals surface area (Å²) in [6, 6.07) is 16.7. The van der Waals surface area contributed by atoms with Crippen LogP contribution in [0.5, 0.6) is 11.5 Å². The molecule has 0 unspecified atom stereocenters. The molecule has 1 N–H and O–H groups in total. The molecule has 2 aromatic carbocycles. The largest absolute Gasteiger partial charge is 0.454 e. The summed E-state index contributed by atoms with van der Waals surface area (Å²) >= 11 is 5.70. The van der Waals surface area contributed by atoms with Crippen LogP contribution in [0.4, 0.5) is 0 Å². The summed E-state index contributed by atoms with van der Waals surface area (Å²) in [4.78, 5) is 4.83. The first-order valence-corrected chi connectivity index (χ1v) is 8.77. The summed E-state index contributed by atoms with van der Waals surface area (Å²) in [5.41, 5.74) is 2.44. The highest BCUT2D eigenvalue weighted by atomic mass is 32.1. The number of nitrogens with zero attached hydrogens (tertiary/aromatic N) is 1. The predicted molar refractivity (Wildman–Crippen MR) is 96.7 cm³/mol. The van der Waals surface area contributed by atoms with Gasteiger partial charge in [0.15, 0.2) is 11.5 Å². The Morgan fingerprint density at radius 1 is 1.00 bits per heavy atom. The number of fused-ring (bicyclic) bond motifs is 1. The van der Waals surface area contributed by atoms with Gasteiger partial charge in [0.1, 0.15) is 11.5 Å². The molecule has 4 rings (SSSR count). The lowest BCUT2D eigenvalue weighted by molar-refractivity contribution is -0.917. The van der Waals surface area contributed by atoms with Crippen molar-refractivity contribution in [1.82, 2.24) is 4.90 Å². The van der Waals surface area contributed by atoms with Gasteiger partial charge < -0.3 is 19.3 Å². The van der Waals surface area contributed by atoms with E-state index in [0.29, 0.717) is 6.79 Å². The minimum Gasteiger partial charge on any atom is -0.454 e. The fraction of sp³-hybridized carbons (Fsp3) is 0.316. The van der Waals surface area contributed by atoms with Crippen LogP contribution in [0.15, 0.2) is 48.5 Å². The lowest BCUT2D eigenvalue weighted by Crippen LogP contribution is -3.13. The number of ether oxygens (including phenoxy) is 2. The van der Waals surface area contributed by atoms with E-state index in [1.807, 2.05) is 18.2 Å². The maximum absolute atomic E-state index is 5.70. The van der Waals surface area contributed by atoms with Crippen molar-refractivity contribution in [3.63, 3.8) is 0 Å². The van der Waals surface area contributed by atoms with Crippen molar-refractivity contribution in [2.24, 2.45) is 0 Å². The Bertz CT molecular complexity index is 727. The van der Waals surface area contributed by atoms with E-state index in [-0.39, 0.29) is 0 Å². The normalized spacial score (nSPS) is 17.1. The fourth-order valence-corrected chi connectivity index (χ4v) is 3.61. The summed E-state index contributed by atoms with van der Waals surface area (Å²) in [5.74, 6) is 1.60. The van der Waals surface area contributed by atoms with Crippen LogP contribution in [0.1, 0.15) is 11.1 Å². The van der Waals surface area contributed by atoms with E-state index in [4.69, 9.17) is 21.7 Å². The molecular formula is C19H21N2O2S+. The van der Waals surface area contributed by atoms with Gasteiger partial charge in [-0.2, -0.15) is 0 Å². The Morgan fingerprint density at radius 3 is 2.54 bits per heavy atom. The van der Waals surface area contributed by atoms with Gasteiger partial charge in [0, 0.05) is 11.1 Å². The van der Waals surface area contributed by atoms with Gasteiger partial charge in [-0.3, -0.25) is 0 Å². The number of rotatable bonds is 3. The average Bonchev–Trinajstić information content (AvgIpc) is 3.10. The zero-order valence-electron chi connectivity index (χ0n) is 13.5. The monoisotopic (exact) mass is 341 g/mol. The van der Waals surface area contributed by atoms with Crippen molar-refractivity contribution in [2.45, 2.75) is 6.54 Å². The summed E-state index contributed by atoms with van der Waals surface area (Å²) in [7, 11) is 0. The highest BCUT2D eigenvalue weighted by Crippen LogP contribution is 2.32. The van der Waals surface area contributed by atoms with Crippen LogP contribution in [0, 0.1) is 0 Å². The average molecular weight is 341 g/mol. The third-order valence-electron chi connectivity index (χ3n) is 4.67. The molecule has 2 aliphatic rings. The molecule has 0 aliphatic carbocycles. The number of hydrogen-bond donors (Lipinski definition) is 1. The van der Waals surface area contributed by atoms with Gasteiger partial charge in [0.2, 0.25) is 6.79 Å². The second kappa shape index (κ2) is 6.79. The molecular weight excluding hydrogens is 320 g/mol. The van der Waals surface area contributed by atoms with E-state index in [0.717, 1.165) is 54.8 Å². The minimum atomic E-state index is 0.299. The van der Waals surface area contributed by atoms with Crippen molar-refractivity contribution < 1.29 is 14.4 Å². The maximum atomic E-state index is 5.70.